The average molecular weight is 410 g/mol. The van der Waals surface area contributed by atoms with Gasteiger partial charge in [0.15, 0.2) is 0 Å². The third kappa shape index (κ3) is 4.65. The van der Waals surface area contributed by atoms with Gasteiger partial charge in [-0.2, -0.15) is 0 Å². The van der Waals surface area contributed by atoms with Gasteiger partial charge < -0.3 is 9.88 Å². The molecule has 0 radical (unpaired) electrons. The maximum absolute atomic E-state index is 12.6. The SMILES string of the molecule is Cc1cccc(CNC(=O)C2CCN(Cc3cn(C)c4ccc(Cl)cc34)CC2)c1. The maximum Gasteiger partial charge on any atom is 0.223 e. The lowest BCUT2D eigenvalue weighted by Gasteiger charge is -2.31. The van der Waals surface area contributed by atoms with Crippen LogP contribution in [0.15, 0.2) is 48.7 Å². The highest BCUT2D eigenvalue weighted by molar-refractivity contribution is 6.31. The molecule has 152 valence electrons. The molecule has 0 unspecified atom stereocenters. The van der Waals surface area contributed by atoms with Gasteiger partial charge in [0.2, 0.25) is 5.91 Å². The standard InChI is InChI=1S/C24H28ClN3O/c1-17-4-3-5-18(12-17)14-26-24(29)19-8-10-28(11-9-19)16-20-15-27(2)23-7-6-21(25)13-22(20)23/h3-7,12-13,15,19H,8-11,14,16H2,1-2H3,(H,26,29). The summed E-state index contributed by atoms with van der Waals surface area (Å²) < 4.78 is 2.16. The first-order chi connectivity index (χ1) is 14.0. The van der Waals surface area contributed by atoms with E-state index in [9.17, 15) is 4.79 Å². The van der Waals surface area contributed by atoms with Crippen molar-refractivity contribution in [3.8, 4) is 0 Å². The van der Waals surface area contributed by atoms with E-state index in [2.05, 4.69) is 65.3 Å². The molecular weight excluding hydrogens is 382 g/mol. The minimum absolute atomic E-state index is 0.109. The van der Waals surface area contributed by atoms with Gasteiger partial charge in [0.1, 0.15) is 0 Å². The molecule has 0 saturated carbocycles. The second kappa shape index (κ2) is 8.60. The summed E-state index contributed by atoms with van der Waals surface area (Å²) in [6.45, 7) is 5.47. The summed E-state index contributed by atoms with van der Waals surface area (Å²) in [5.41, 5.74) is 4.88. The lowest BCUT2D eigenvalue weighted by Crippen LogP contribution is -2.40. The molecule has 29 heavy (non-hydrogen) atoms. The van der Waals surface area contributed by atoms with E-state index in [-0.39, 0.29) is 11.8 Å². The van der Waals surface area contributed by atoms with Gasteiger partial charge in [0.05, 0.1) is 0 Å². The highest BCUT2D eigenvalue weighted by atomic mass is 35.5. The lowest BCUT2D eigenvalue weighted by atomic mass is 9.95. The molecular formula is C24H28ClN3O. The Balaban J connectivity index is 1.31. The molecule has 1 aliphatic rings. The number of halogens is 1. The fraction of sp³-hybridized carbons (Fsp3) is 0.375. The normalized spacial score (nSPS) is 15.7. The fourth-order valence-electron chi connectivity index (χ4n) is 4.32. The van der Waals surface area contributed by atoms with Crippen molar-refractivity contribution < 1.29 is 4.79 Å². The molecule has 1 N–H and O–H groups in total. The van der Waals surface area contributed by atoms with Crippen LogP contribution in [0, 0.1) is 12.8 Å². The van der Waals surface area contributed by atoms with E-state index in [4.69, 9.17) is 11.6 Å². The van der Waals surface area contributed by atoms with E-state index in [1.165, 1.54) is 22.0 Å². The van der Waals surface area contributed by atoms with E-state index in [0.29, 0.717) is 6.54 Å². The van der Waals surface area contributed by atoms with Gasteiger partial charge in [-0.05, 0) is 62.2 Å². The molecule has 4 rings (SSSR count). The predicted octanol–water partition coefficient (Wildman–Crippen LogP) is 4.67. The Hall–Kier alpha value is -2.30. The zero-order valence-electron chi connectivity index (χ0n) is 17.1. The molecule has 1 amide bonds. The number of hydrogen-bond donors (Lipinski definition) is 1. The Kier molecular flexibility index (Phi) is 5.93. The Labute approximate surface area is 177 Å². The summed E-state index contributed by atoms with van der Waals surface area (Å²) in [7, 11) is 2.07. The monoisotopic (exact) mass is 409 g/mol. The number of amides is 1. The second-order valence-electron chi connectivity index (χ2n) is 8.18. The zero-order chi connectivity index (χ0) is 20.4. The third-order valence-electron chi connectivity index (χ3n) is 5.94. The van der Waals surface area contributed by atoms with Crippen molar-refractivity contribution in [1.82, 2.24) is 14.8 Å². The molecule has 1 saturated heterocycles. The molecule has 1 fully saturated rings. The van der Waals surface area contributed by atoms with Crippen LogP contribution in [0.25, 0.3) is 10.9 Å². The molecule has 0 aliphatic carbocycles. The van der Waals surface area contributed by atoms with Crippen LogP contribution in [-0.4, -0.2) is 28.5 Å². The summed E-state index contributed by atoms with van der Waals surface area (Å²) in [5.74, 6) is 0.293. The van der Waals surface area contributed by atoms with Crippen molar-refractivity contribution in [2.75, 3.05) is 13.1 Å². The Morgan fingerprint density at radius 2 is 1.97 bits per heavy atom. The van der Waals surface area contributed by atoms with Crippen LogP contribution < -0.4 is 5.32 Å². The first-order valence-corrected chi connectivity index (χ1v) is 10.7. The largest absolute Gasteiger partial charge is 0.352 e. The number of fused-ring (bicyclic) bond motifs is 1. The average Bonchev–Trinajstić information content (AvgIpc) is 3.01. The van der Waals surface area contributed by atoms with E-state index < -0.39 is 0 Å². The number of aryl methyl sites for hydroxylation is 2. The molecule has 2 heterocycles. The molecule has 3 aromatic rings. The van der Waals surface area contributed by atoms with Crippen LogP contribution in [0.4, 0.5) is 0 Å². The molecule has 0 spiro atoms. The fourth-order valence-corrected chi connectivity index (χ4v) is 4.49. The van der Waals surface area contributed by atoms with Crippen LogP contribution in [0.1, 0.15) is 29.5 Å². The van der Waals surface area contributed by atoms with Crippen LogP contribution in [0.2, 0.25) is 5.02 Å². The van der Waals surface area contributed by atoms with Crippen molar-refractivity contribution in [3.63, 3.8) is 0 Å². The third-order valence-corrected chi connectivity index (χ3v) is 6.17. The number of likely N-dealkylation sites (tertiary alicyclic amines) is 1. The maximum atomic E-state index is 12.6. The van der Waals surface area contributed by atoms with Gasteiger partial charge in [-0.1, -0.05) is 41.4 Å². The predicted molar refractivity (Wildman–Crippen MR) is 119 cm³/mol. The van der Waals surface area contributed by atoms with Gasteiger partial charge in [-0.3, -0.25) is 9.69 Å². The van der Waals surface area contributed by atoms with Crippen molar-refractivity contribution in [2.24, 2.45) is 13.0 Å². The summed E-state index contributed by atoms with van der Waals surface area (Å²) in [4.78, 5) is 15.0. The summed E-state index contributed by atoms with van der Waals surface area (Å²) in [6.07, 6.45) is 4.01. The van der Waals surface area contributed by atoms with Crippen LogP contribution in [-0.2, 0) is 24.9 Å². The van der Waals surface area contributed by atoms with E-state index in [1.807, 2.05) is 12.1 Å². The Bertz CT molecular complexity index is 1020. The summed E-state index contributed by atoms with van der Waals surface area (Å²) in [6, 6.07) is 14.4. The van der Waals surface area contributed by atoms with Gasteiger partial charge in [0.25, 0.3) is 0 Å². The summed E-state index contributed by atoms with van der Waals surface area (Å²) in [5, 5.41) is 5.11. The number of hydrogen-bond acceptors (Lipinski definition) is 2. The molecule has 5 heteroatoms. The van der Waals surface area contributed by atoms with Gasteiger partial charge in [-0.25, -0.2) is 0 Å². The number of benzene rings is 2. The first kappa shape index (κ1) is 20.0. The van der Waals surface area contributed by atoms with Crippen molar-refractivity contribution in [3.05, 3.63) is 70.4 Å². The number of piperidine rings is 1. The van der Waals surface area contributed by atoms with Crippen molar-refractivity contribution in [2.45, 2.75) is 32.9 Å². The topological polar surface area (TPSA) is 37.3 Å². The van der Waals surface area contributed by atoms with E-state index in [1.54, 1.807) is 0 Å². The Morgan fingerprint density at radius 1 is 1.17 bits per heavy atom. The molecule has 1 aromatic heterocycles. The number of carbonyl (C=O) groups excluding carboxylic acids is 1. The zero-order valence-corrected chi connectivity index (χ0v) is 17.9. The van der Waals surface area contributed by atoms with Crippen LogP contribution in [0.5, 0.6) is 0 Å². The smallest absolute Gasteiger partial charge is 0.223 e. The highest BCUT2D eigenvalue weighted by Crippen LogP contribution is 2.27. The number of carbonyl (C=O) groups is 1. The van der Waals surface area contributed by atoms with Crippen molar-refractivity contribution in [1.29, 1.82) is 0 Å². The van der Waals surface area contributed by atoms with Gasteiger partial charge in [0, 0.05) is 48.2 Å². The first-order valence-electron chi connectivity index (χ1n) is 10.3. The van der Waals surface area contributed by atoms with Crippen LogP contribution >= 0.6 is 11.6 Å². The van der Waals surface area contributed by atoms with Gasteiger partial charge in [-0.15, -0.1) is 0 Å². The number of rotatable bonds is 5. The molecule has 0 bridgehead atoms. The molecule has 0 atom stereocenters. The quantitative estimate of drug-likeness (QED) is 0.664. The minimum Gasteiger partial charge on any atom is -0.352 e. The number of nitrogens with one attached hydrogen (secondary N) is 1. The number of nitrogens with zero attached hydrogens (tertiary/aromatic N) is 2. The molecule has 1 aliphatic heterocycles. The van der Waals surface area contributed by atoms with Crippen molar-refractivity contribution >= 4 is 28.4 Å². The van der Waals surface area contributed by atoms with E-state index >= 15 is 0 Å². The lowest BCUT2D eigenvalue weighted by molar-refractivity contribution is -0.126. The highest BCUT2D eigenvalue weighted by Gasteiger charge is 2.25. The minimum atomic E-state index is 0.109. The number of aromatic nitrogens is 1. The Morgan fingerprint density at radius 3 is 2.72 bits per heavy atom. The van der Waals surface area contributed by atoms with Gasteiger partial charge >= 0.3 is 0 Å². The van der Waals surface area contributed by atoms with Crippen LogP contribution in [0.3, 0.4) is 0 Å². The molecule has 2 aromatic carbocycles. The summed E-state index contributed by atoms with van der Waals surface area (Å²) >= 11 is 6.21. The molecule has 4 nitrogen and oxygen atoms in total. The van der Waals surface area contributed by atoms with E-state index in [0.717, 1.165) is 43.1 Å². The second-order valence-corrected chi connectivity index (χ2v) is 8.62.